The summed E-state index contributed by atoms with van der Waals surface area (Å²) in [6, 6.07) is 0. The van der Waals surface area contributed by atoms with Gasteiger partial charge in [-0.05, 0) is 6.42 Å². The highest BCUT2D eigenvalue weighted by molar-refractivity contribution is 5.05. The third-order valence-electron chi connectivity index (χ3n) is 1.34. The first-order valence-corrected chi connectivity index (χ1v) is 4.42. The molecule has 0 radical (unpaired) electrons. The zero-order chi connectivity index (χ0) is 11.2. The van der Waals surface area contributed by atoms with E-state index in [0.717, 1.165) is 6.20 Å². The SMILES string of the molecule is CC.CCc1cncc(C(F)(F)F)n1. The second kappa shape index (κ2) is 5.57. The molecule has 1 aromatic rings. The highest BCUT2D eigenvalue weighted by Gasteiger charge is 2.32. The van der Waals surface area contributed by atoms with E-state index in [4.69, 9.17) is 0 Å². The van der Waals surface area contributed by atoms with Crippen LogP contribution >= 0.6 is 0 Å². The first kappa shape index (κ1) is 12.9. The average Bonchev–Trinajstić information content (AvgIpc) is 2.20. The number of aryl methyl sites for hydroxylation is 1. The molecular weight excluding hydrogens is 193 g/mol. The summed E-state index contributed by atoms with van der Waals surface area (Å²) in [7, 11) is 0. The molecular formula is C9H13F3N2. The van der Waals surface area contributed by atoms with Crippen LogP contribution in [0.25, 0.3) is 0 Å². The van der Waals surface area contributed by atoms with E-state index in [1.54, 1.807) is 6.92 Å². The predicted octanol–water partition coefficient (Wildman–Crippen LogP) is 3.08. The van der Waals surface area contributed by atoms with Crippen LogP contribution in [0.4, 0.5) is 13.2 Å². The summed E-state index contributed by atoms with van der Waals surface area (Å²) >= 11 is 0. The van der Waals surface area contributed by atoms with Gasteiger partial charge >= 0.3 is 6.18 Å². The van der Waals surface area contributed by atoms with Crippen molar-refractivity contribution in [2.45, 2.75) is 33.4 Å². The third kappa shape index (κ3) is 3.72. The van der Waals surface area contributed by atoms with Crippen LogP contribution in [0.2, 0.25) is 0 Å². The first-order valence-electron chi connectivity index (χ1n) is 4.42. The van der Waals surface area contributed by atoms with Crippen molar-refractivity contribution in [2.24, 2.45) is 0 Å². The van der Waals surface area contributed by atoms with Gasteiger partial charge in [0.05, 0.1) is 11.9 Å². The lowest BCUT2D eigenvalue weighted by Gasteiger charge is -2.05. The van der Waals surface area contributed by atoms with Gasteiger partial charge in [0.25, 0.3) is 0 Å². The van der Waals surface area contributed by atoms with Crippen molar-refractivity contribution < 1.29 is 13.2 Å². The van der Waals surface area contributed by atoms with E-state index < -0.39 is 11.9 Å². The minimum atomic E-state index is -4.39. The van der Waals surface area contributed by atoms with Gasteiger partial charge in [0.1, 0.15) is 0 Å². The Kier molecular flexibility index (Phi) is 5.12. The Morgan fingerprint density at radius 3 is 2.21 bits per heavy atom. The Balaban J connectivity index is 0.000000791. The molecule has 0 saturated carbocycles. The zero-order valence-electron chi connectivity index (χ0n) is 8.39. The molecule has 14 heavy (non-hydrogen) atoms. The van der Waals surface area contributed by atoms with E-state index in [-0.39, 0.29) is 0 Å². The van der Waals surface area contributed by atoms with Gasteiger partial charge in [0.2, 0.25) is 0 Å². The number of alkyl halides is 3. The van der Waals surface area contributed by atoms with Gasteiger partial charge in [-0.2, -0.15) is 13.2 Å². The minimum Gasteiger partial charge on any atom is -0.261 e. The summed E-state index contributed by atoms with van der Waals surface area (Å²) in [5.41, 5.74) is -0.577. The summed E-state index contributed by atoms with van der Waals surface area (Å²) < 4.78 is 36.0. The Hall–Kier alpha value is -1.13. The van der Waals surface area contributed by atoms with E-state index in [2.05, 4.69) is 9.97 Å². The van der Waals surface area contributed by atoms with E-state index in [0.29, 0.717) is 12.1 Å². The quantitative estimate of drug-likeness (QED) is 0.705. The van der Waals surface area contributed by atoms with Crippen LogP contribution in [0.3, 0.4) is 0 Å². The molecule has 0 amide bonds. The highest BCUT2D eigenvalue weighted by Crippen LogP contribution is 2.26. The van der Waals surface area contributed by atoms with E-state index >= 15 is 0 Å². The molecule has 0 aliphatic rings. The summed E-state index contributed by atoms with van der Waals surface area (Å²) in [6.45, 7) is 5.73. The maximum Gasteiger partial charge on any atom is 0.434 e. The number of rotatable bonds is 1. The summed E-state index contributed by atoms with van der Waals surface area (Å²) in [6.07, 6.45) is -1.89. The normalized spacial score (nSPS) is 10.4. The summed E-state index contributed by atoms with van der Waals surface area (Å²) in [5.74, 6) is 0. The first-order chi connectivity index (χ1) is 6.54. The fourth-order valence-electron chi connectivity index (χ4n) is 0.713. The molecule has 1 aromatic heterocycles. The summed E-state index contributed by atoms with van der Waals surface area (Å²) in [4.78, 5) is 6.81. The van der Waals surface area contributed by atoms with Gasteiger partial charge in [-0.25, -0.2) is 4.98 Å². The molecule has 0 aliphatic carbocycles. The van der Waals surface area contributed by atoms with Crippen molar-refractivity contribution in [1.82, 2.24) is 9.97 Å². The molecule has 80 valence electrons. The molecule has 5 heteroatoms. The van der Waals surface area contributed by atoms with Crippen LogP contribution in [0.1, 0.15) is 32.2 Å². The van der Waals surface area contributed by atoms with Crippen LogP contribution in [0, 0.1) is 0 Å². The van der Waals surface area contributed by atoms with Crippen molar-refractivity contribution >= 4 is 0 Å². The number of halogens is 3. The van der Waals surface area contributed by atoms with Crippen LogP contribution in [-0.4, -0.2) is 9.97 Å². The largest absolute Gasteiger partial charge is 0.434 e. The molecule has 0 N–H and O–H groups in total. The smallest absolute Gasteiger partial charge is 0.261 e. The van der Waals surface area contributed by atoms with Gasteiger partial charge in [-0.3, -0.25) is 4.98 Å². The Morgan fingerprint density at radius 2 is 1.79 bits per heavy atom. The fraction of sp³-hybridized carbons (Fsp3) is 0.556. The van der Waals surface area contributed by atoms with Gasteiger partial charge in [0, 0.05) is 6.20 Å². The minimum absolute atomic E-state index is 0.352. The molecule has 0 aliphatic heterocycles. The Morgan fingerprint density at radius 1 is 1.21 bits per heavy atom. The van der Waals surface area contributed by atoms with Crippen molar-refractivity contribution in [1.29, 1.82) is 0 Å². The van der Waals surface area contributed by atoms with Gasteiger partial charge in [-0.15, -0.1) is 0 Å². The summed E-state index contributed by atoms with van der Waals surface area (Å²) in [5, 5.41) is 0. The molecule has 0 bridgehead atoms. The average molecular weight is 206 g/mol. The van der Waals surface area contributed by atoms with Crippen molar-refractivity contribution in [3.05, 3.63) is 23.8 Å². The van der Waals surface area contributed by atoms with Crippen LogP contribution in [0.15, 0.2) is 12.4 Å². The number of aromatic nitrogens is 2. The van der Waals surface area contributed by atoms with Gasteiger partial charge in [0.15, 0.2) is 5.69 Å². The third-order valence-corrected chi connectivity index (χ3v) is 1.34. The van der Waals surface area contributed by atoms with Gasteiger partial charge < -0.3 is 0 Å². The van der Waals surface area contributed by atoms with Crippen LogP contribution in [0.5, 0.6) is 0 Å². The van der Waals surface area contributed by atoms with Crippen molar-refractivity contribution in [3.8, 4) is 0 Å². The molecule has 0 aromatic carbocycles. The van der Waals surface area contributed by atoms with E-state index in [1.165, 1.54) is 6.20 Å². The molecule has 1 heterocycles. The maximum atomic E-state index is 12.0. The Bertz CT molecular complexity index is 271. The molecule has 2 nitrogen and oxygen atoms in total. The van der Waals surface area contributed by atoms with Gasteiger partial charge in [-0.1, -0.05) is 20.8 Å². The van der Waals surface area contributed by atoms with Crippen LogP contribution < -0.4 is 0 Å². The van der Waals surface area contributed by atoms with E-state index in [1.807, 2.05) is 13.8 Å². The monoisotopic (exact) mass is 206 g/mol. The highest BCUT2D eigenvalue weighted by atomic mass is 19.4. The van der Waals surface area contributed by atoms with Crippen molar-refractivity contribution in [2.75, 3.05) is 0 Å². The molecule has 0 saturated heterocycles. The lowest BCUT2D eigenvalue weighted by atomic mass is 10.3. The maximum absolute atomic E-state index is 12.0. The van der Waals surface area contributed by atoms with E-state index in [9.17, 15) is 13.2 Å². The molecule has 0 spiro atoms. The van der Waals surface area contributed by atoms with Crippen LogP contribution in [-0.2, 0) is 12.6 Å². The predicted molar refractivity (Wildman–Crippen MR) is 47.8 cm³/mol. The molecule has 0 unspecified atom stereocenters. The zero-order valence-corrected chi connectivity index (χ0v) is 8.39. The Labute approximate surface area is 81.2 Å². The molecule has 1 rings (SSSR count). The second-order valence-electron chi connectivity index (χ2n) is 2.25. The molecule has 0 atom stereocenters. The lowest BCUT2D eigenvalue weighted by Crippen LogP contribution is -2.09. The standard InChI is InChI=1S/C7H7F3N2.C2H6/c1-2-5-3-11-4-6(12-5)7(8,9)10;1-2/h3-4H,2H2,1H3;1-2H3. The van der Waals surface area contributed by atoms with Crippen molar-refractivity contribution in [3.63, 3.8) is 0 Å². The number of nitrogens with zero attached hydrogens (tertiary/aromatic N) is 2. The lowest BCUT2D eigenvalue weighted by molar-refractivity contribution is -0.141. The number of hydrogen-bond donors (Lipinski definition) is 0. The second-order valence-corrected chi connectivity index (χ2v) is 2.25. The topological polar surface area (TPSA) is 25.8 Å². The number of hydrogen-bond acceptors (Lipinski definition) is 2. The fourth-order valence-corrected chi connectivity index (χ4v) is 0.713. The molecule has 0 fully saturated rings.